The van der Waals surface area contributed by atoms with Gasteiger partial charge in [0.15, 0.2) is 0 Å². The van der Waals surface area contributed by atoms with Gasteiger partial charge in [-0.1, -0.05) is 13.8 Å². The lowest BCUT2D eigenvalue weighted by Gasteiger charge is -2.28. The Bertz CT molecular complexity index is 443. The molecule has 0 aliphatic heterocycles. The highest BCUT2D eigenvalue weighted by Gasteiger charge is 2.19. The summed E-state index contributed by atoms with van der Waals surface area (Å²) in [6, 6.07) is 0. The van der Waals surface area contributed by atoms with E-state index in [1.807, 2.05) is 25.9 Å². The highest BCUT2D eigenvalue weighted by molar-refractivity contribution is 5.42. The summed E-state index contributed by atoms with van der Waals surface area (Å²) < 4.78 is 0. The fourth-order valence-corrected chi connectivity index (χ4v) is 2.11. The highest BCUT2D eigenvalue weighted by Crippen LogP contribution is 2.18. The van der Waals surface area contributed by atoms with Gasteiger partial charge in [0.05, 0.1) is 0 Å². The van der Waals surface area contributed by atoms with Crippen LogP contribution in [0, 0.1) is 5.41 Å². The molecule has 0 amide bonds. The summed E-state index contributed by atoms with van der Waals surface area (Å²) in [4.78, 5) is 17.3. The zero-order valence-corrected chi connectivity index (χ0v) is 14.4. The molecule has 1 aromatic heterocycles. The molecule has 0 unspecified atom stereocenters. The van der Waals surface area contributed by atoms with Crippen molar-refractivity contribution in [3.8, 4) is 0 Å². The molecule has 0 fully saturated rings. The van der Waals surface area contributed by atoms with Crippen molar-refractivity contribution in [1.82, 2.24) is 19.9 Å². The van der Waals surface area contributed by atoms with Crippen molar-refractivity contribution in [2.75, 3.05) is 63.4 Å². The van der Waals surface area contributed by atoms with Crippen LogP contribution in [0.3, 0.4) is 0 Å². The molecule has 0 spiro atoms. The Morgan fingerprint density at radius 3 is 2.00 bits per heavy atom. The van der Waals surface area contributed by atoms with Crippen LogP contribution in [-0.2, 0) is 0 Å². The number of anilines is 3. The Morgan fingerprint density at radius 1 is 0.952 bits per heavy atom. The van der Waals surface area contributed by atoms with Gasteiger partial charge >= 0.3 is 0 Å². The molecule has 0 saturated heterocycles. The van der Waals surface area contributed by atoms with Crippen LogP contribution in [0.25, 0.3) is 0 Å². The van der Waals surface area contributed by atoms with Crippen LogP contribution < -0.4 is 15.5 Å². The lowest BCUT2D eigenvalue weighted by atomic mass is 9.93. The Labute approximate surface area is 128 Å². The average Bonchev–Trinajstić information content (AvgIpc) is 2.35. The molecule has 21 heavy (non-hydrogen) atoms. The van der Waals surface area contributed by atoms with Gasteiger partial charge in [-0.25, -0.2) is 0 Å². The summed E-state index contributed by atoms with van der Waals surface area (Å²) in [5.41, 5.74) is 0.132. The van der Waals surface area contributed by atoms with Gasteiger partial charge < -0.3 is 20.4 Å². The van der Waals surface area contributed by atoms with Crippen molar-refractivity contribution >= 4 is 17.8 Å². The number of nitrogens with zero attached hydrogens (tertiary/aromatic N) is 5. The van der Waals surface area contributed by atoms with Crippen molar-refractivity contribution in [2.45, 2.75) is 20.8 Å². The Morgan fingerprint density at radius 2 is 1.52 bits per heavy atom. The fraction of sp³-hybridized carbons (Fsp3) is 0.786. The molecule has 2 N–H and O–H groups in total. The standard InChI is InChI=1S/C14H29N7/c1-8-15-11-17-12(19-13(18-11)21(6)7)16-9-14(2,3)10-20(4)5/h8-10H2,1-7H3,(H2,15,16,17,18,19). The average molecular weight is 295 g/mol. The molecule has 0 radical (unpaired) electrons. The predicted molar refractivity (Wildman–Crippen MR) is 89.1 cm³/mol. The Balaban J connectivity index is 2.82. The minimum Gasteiger partial charge on any atom is -0.354 e. The molecule has 1 aromatic rings. The normalized spacial score (nSPS) is 11.6. The third-order valence-corrected chi connectivity index (χ3v) is 2.83. The molecule has 120 valence electrons. The number of aromatic nitrogens is 3. The van der Waals surface area contributed by atoms with Crippen molar-refractivity contribution in [3.05, 3.63) is 0 Å². The highest BCUT2D eigenvalue weighted by atomic mass is 15.3. The smallest absolute Gasteiger partial charge is 0.231 e. The van der Waals surface area contributed by atoms with Crippen LogP contribution >= 0.6 is 0 Å². The molecule has 1 rings (SSSR count). The summed E-state index contributed by atoms with van der Waals surface area (Å²) >= 11 is 0. The van der Waals surface area contributed by atoms with E-state index in [-0.39, 0.29) is 5.41 Å². The van der Waals surface area contributed by atoms with E-state index in [4.69, 9.17) is 0 Å². The number of nitrogens with one attached hydrogen (secondary N) is 2. The topological polar surface area (TPSA) is 69.2 Å². The second kappa shape index (κ2) is 7.40. The monoisotopic (exact) mass is 295 g/mol. The van der Waals surface area contributed by atoms with Gasteiger partial charge in [0.1, 0.15) is 0 Å². The van der Waals surface area contributed by atoms with Gasteiger partial charge in [-0.15, -0.1) is 0 Å². The maximum atomic E-state index is 4.44. The predicted octanol–water partition coefficient (Wildman–Crippen LogP) is 1.37. The first-order chi connectivity index (χ1) is 9.73. The van der Waals surface area contributed by atoms with E-state index >= 15 is 0 Å². The largest absolute Gasteiger partial charge is 0.354 e. The molecule has 0 saturated carbocycles. The number of hydrogen-bond acceptors (Lipinski definition) is 7. The maximum Gasteiger partial charge on any atom is 0.231 e. The molecule has 0 bridgehead atoms. The lowest BCUT2D eigenvalue weighted by Crippen LogP contribution is -2.34. The first-order valence-corrected chi connectivity index (χ1v) is 7.29. The summed E-state index contributed by atoms with van der Waals surface area (Å²) in [6.45, 7) is 9.03. The maximum absolute atomic E-state index is 4.44. The molecule has 0 atom stereocenters. The van der Waals surface area contributed by atoms with Crippen LogP contribution in [0.1, 0.15) is 20.8 Å². The molecule has 0 aromatic carbocycles. The van der Waals surface area contributed by atoms with E-state index in [1.54, 1.807) is 0 Å². The SMILES string of the molecule is CCNc1nc(NCC(C)(C)CN(C)C)nc(N(C)C)n1. The zero-order chi connectivity index (χ0) is 16.0. The second-order valence-corrected chi connectivity index (χ2v) is 6.46. The van der Waals surface area contributed by atoms with E-state index in [0.717, 1.165) is 19.6 Å². The van der Waals surface area contributed by atoms with E-state index in [1.165, 1.54) is 0 Å². The van der Waals surface area contributed by atoms with Crippen LogP contribution in [0.15, 0.2) is 0 Å². The third kappa shape index (κ3) is 6.12. The Hall–Kier alpha value is -1.63. The van der Waals surface area contributed by atoms with E-state index in [9.17, 15) is 0 Å². The summed E-state index contributed by atoms with van der Waals surface area (Å²) in [5, 5.41) is 6.46. The molecule has 0 aliphatic carbocycles. The van der Waals surface area contributed by atoms with E-state index in [0.29, 0.717) is 17.8 Å². The fourth-order valence-electron chi connectivity index (χ4n) is 2.11. The molecule has 0 aliphatic rings. The first-order valence-electron chi connectivity index (χ1n) is 7.29. The summed E-state index contributed by atoms with van der Waals surface area (Å²) in [6.07, 6.45) is 0. The quantitative estimate of drug-likeness (QED) is 0.750. The van der Waals surface area contributed by atoms with Gasteiger partial charge in [-0.3, -0.25) is 0 Å². The van der Waals surface area contributed by atoms with Gasteiger partial charge in [0, 0.05) is 33.7 Å². The molecular weight excluding hydrogens is 266 g/mol. The van der Waals surface area contributed by atoms with Crippen molar-refractivity contribution < 1.29 is 0 Å². The zero-order valence-electron chi connectivity index (χ0n) is 14.4. The molecular formula is C14H29N7. The van der Waals surface area contributed by atoms with Gasteiger partial charge in [0.25, 0.3) is 0 Å². The Kier molecular flexibility index (Phi) is 6.14. The first kappa shape index (κ1) is 17.4. The lowest BCUT2D eigenvalue weighted by molar-refractivity contribution is 0.254. The van der Waals surface area contributed by atoms with Crippen LogP contribution in [0.5, 0.6) is 0 Å². The number of rotatable bonds is 8. The summed E-state index contributed by atoms with van der Waals surface area (Å²) in [5.74, 6) is 1.86. The molecule has 1 heterocycles. The summed E-state index contributed by atoms with van der Waals surface area (Å²) in [7, 11) is 8.01. The van der Waals surface area contributed by atoms with Crippen LogP contribution in [0.4, 0.5) is 17.8 Å². The minimum atomic E-state index is 0.132. The van der Waals surface area contributed by atoms with Crippen LogP contribution in [0.2, 0.25) is 0 Å². The minimum absolute atomic E-state index is 0.132. The second-order valence-electron chi connectivity index (χ2n) is 6.46. The molecule has 7 heteroatoms. The molecule has 7 nitrogen and oxygen atoms in total. The van der Waals surface area contributed by atoms with Gasteiger partial charge in [-0.2, -0.15) is 15.0 Å². The van der Waals surface area contributed by atoms with E-state index < -0.39 is 0 Å². The van der Waals surface area contributed by atoms with Crippen molar-refractivity contribution in [1.29, 1.82) is 0 Å². The third-order valence-electron chi connectivity index (χ3n) is 2.83. The number of hydrogen-bond donors (Lipinski definition) is 2. The van der Waals surface area contributed by atoms with Crippen molar-refractivity contribution in [3.63, 3.8) is 0 Å². The van der Waals surface area contributed by atoms with Gasteiger partial charge in [-0.05, 0) is 26.4 Å². The van der Waals surface area contributed by atoms with E-state index in [2.05, 4.69) is 58.4 Å². The van der Waals surface area contributed by atoms with Gasteiger partial charge in [0.2, 0.25) is 17.8 Å². The van der Waals surface area contributed by atoms with Crippen LogP contribution in [-0.4, -0.2) is 67.7 Å². The van der Waals surface area contributed by atoms with Crippen molar-refractivity contribution in [2.24, 2.45) is 5.41 Å².